The van der Waals surface area contributed by atoms with E-state index in [0.29, 0.717) is 17.3 Å². The maximum absolute atomic E-state index is 6.15. The van der Waals surface area contributed by atoms with E-state index in [2.05, 4.69) is 4.98 Å². The van der Waals surface area contributed by atoms with Crippen LogP contribution in [0.1, 0.15) is 11.5 Å². The zero-order chi connectivity index (χ0) is 13.3. The van der Waals surface area contributed by atoms with Crippen molar-refractivity contribution >= 4 is 11.6 Å². The van der Waals surface area contributed by atoms with Crippen LogP contribution in [0.15, 0.2) is 18.2 Å². The molecule has 1 heterocycles. The van der Waals surface area contributed by atoms with Crippen molar-refractivity contribution in [2.45, 2.75) is 13.5 Å². The van der Waals surface area contributed by atoms with Crippen molar-refractivity contribution in [2.75, 3.05) is 7.11 Å². The van der Waals surface area contributed by atoms with E-state index < -0.39 is 0 Å². The Balaban J connectivity index is 2.55. The van der Waals surface area contributed by atoms with Crippen LogP contribution < -0.4 is 10.5 Å². The fourth-order valence-electron chi connectivity index (χ4n) is 2.09. The minimum absolute atomic E-state index is 0.418. The number of aromatic nitrogens is 2. The van der Waals surface area contributed by atoms with Gasteiger partial charge >= 0.3 is 0 Å². The van der Waals surface area contributed by atoms with Gasteiger partial charge in [-0.2, -0.15) is 0 Å². The van der Waals surface area contributed by atoms with Gasteiger partial charge < -0.3 is 15.0 Å². The lowest BCUT2D eigenvalue weighted by Gasteiger charge is -2.08. The first-order valence-corrected chi connectivity index (χ1v) is 6.02. The smallest absolute Gasteiger partial charge is 0.137 e. The third kappa shape index (κ3) is 2.09. The molecule has 0 aliphatic rings. The number of hydrogen-bond donors (Lipinski definition) is 1. The lowest BCUT2D eigenvalue weighted by molar-refractivity contribution is 0.415. The molecule has 2 rings (SSSR count). The number of benzene rings is 1. The van der Waals surface area contributed by atoms with Crippen LogP contribution in [0.5, 0.6) is 5.75 Å². The number of halogens is 1. The summed E-state index contributed by atoms with van der Waals surface area (Å²) in [6.45, 7) is 2.38. The zero-order valence-corrected chi connectivity index (χ0v) is 11.5. The Morgan fingerprint density at radius 2 is 2.17 bits per heavy atom. The van der Waals surface area contributed by atoms with Crippen LogP contribution in [0.25, 0.3) is 11.3 Å². The number of imidazole rings is 1. The molecule has 1 aromatic heterocycles. The van der Waals surface area contributed by atoms with Crippen LogP contribution in [-0.4, -0.2) is 16.7 Å². The number of nitrogens with zero attached hydrogens (tertiary/aromatic N) is 2. The second-order valence-electron chi connectivity index (χ2n) is 4.07. The molecule has 0 amide bonds. The average Bonchev–Trinajstić information content (AvgIpc) is 2.64. The fourth-order valence-corrected chi connectivity index (χ4v) is 2.35. The molecule has 0 spiro atoms. The quantitative estimate of drug-likeness (QED) is 0.928. The van der Waals surface area contributed by atoms with Crippen molar-refractivity contribution in [3.8, 4) is 17.0 Å². The van der Waals surface area contributed by atoms with Gasteiger partial charge in [0.25, 0.3) is 0 Å². The van der Waals surface area contributed by atoms with Crippen LogP contribution in [0, 0.1) is 6.92 Å². The molecule has 0 saturated carbocycles. The summed E-state index contributed by atoms with van der Waals surface area (Å²) in [5.74, 6) is 1.52. The number of hydrogen-bond acceptors (Lipinski definition) is 3. The first-order chi connectivity index (χ1) is 8.58. The van der Waals surface area contributed by atoms with E-state index in [0.717, 1.165) is 22.8 Å². The van der Waals surface area contributed by atoms with Crippen LogP contribution >= 0.6 is 11.6 Å². The predicted octanol–water partition coefficient (Wildman–Crippen LogP) is 2.52. The molecule has 0 fully saturated rings. The molecule has 0 atom stereocenters. The molecule has 18 heavy (non-hydrogen) atoms. The molecule has 0 saturated heterocycles. The van der Waals surface area contributed by atoms with Gasteiger partial charge in [0.05, 0.1) is 30.1 Å². The molecule has 4 nitrogen and oxygen atoms in total. The van der Waals surface area contributed by atoms with Gasteiger partial charge in [0.15, 0.2) is 0 Å². The molecule has 96 valence electrons. The number of methoxy groups -OCH3 is 1. The van der Waals surface area contributed by atoms with Gasteiger partial charge in [0.1, 0.15) is 11.6 Å². The molecule has 2 N–H and O–H groups in total. The normalized spacial score (nSPS) is 10.7. The van der Waals surface area contributed by atoms with Crippen molar-refractivity contribution in [1.82, 2.24) is 9.55 Å². The average molecular weight is 266 g/mol. The van der Waals surface area contributed by atoms with Crippen LogP contribution in [-0.2, 0) is 13.6 Å². The lowest BCUT2D eigenvalue weighted by Crippen LogP contribution is -2.05. The van der Waals surface area contributed by atoms with E-state index in [1.54, 1.807) is 7.11 Å². The molecule has 0 radical (unpaired) electrons. The molecular formula is C13H16ClN3O. The fraction of sp³-hybridized carbons (Fsp3) is 0.308. The Morgan fingerprint density at radius 1 is 1.44 bits per heavy atom. The van der Waals surface area contributed by atoms with Crippen molar-refractivity contribution in [3.63, 3.8) is 0 Å². The first-order valence-electron chi connectivity index (χ1n) is 5.64. The highest BCUT2D eigenvalue weighted by molar-refractivity contribution is 6.32. The molecule has 0 aliphatic heterocycles. The van der Waals surface area contributed by atoms with Crippen LogP contribution in [0.2, 0.25) is 5.02 Å². The number of rotatable bonds is 3. The summed E-state index contributed by atoms with van der Waals surface area (Å²) in [4.78, 5) is 4.44. The highest BCUT2D eigenvalue weighted by Gasteiger charge is 2.13. The van der Waals surface area contributed by atoms with Crippen molar-refractivity contribution in [2.24, 2.45) is 12.8 Å². The molecule has 2 aromatic rings. The van der Waals surface area contributed by atoms with Gasteiger partial charge in [-0.1, -0.05) is 11.6 Å². The Hall–Kier alpha value is -1.52. The van der Waals surface area contributed by atoms with Gasteiger partial charge in [-0.3, -0.25) is 0 Å². The Labute approximate surface area is 111 Å². The summed E-state index contributed by atoms with van der Waals surface area (Å²) < 4.78 is 7.14. The maximum atomic E-state index is 6.15. The molecule has 1 aromatic carbocycles. The third-order valence-electron chi connectivity index (χ3n) is 2.97. The minimum Gasteiger partial charge on any atom is -0.495 e. The summed E-state index contributed by atoms with van der Waals surface area (Å²) >= 11 is 6.15. The highest BCUT2D eigenvalue weighted by Crippen LogP contribution is 2.31. The summed E-state index contributed by atoms with van der Waals surface area (Å²) in [5, 5.41) is 0.588. The number of ether oxygens (including phenoxy) is 1. The van der Waals surface area contributed by atoms with Crippen molar-refractivity contribution in [3.05, 3.63) is 34.7 Å². The minimum atomic E-state index is 0.418. The number of aryl methyl sites for hydroxylation is 1. The second-order valence-corrected chi connectivity index (χ2v) is 4.48. The van der Waals surface area contributed by atoms with Crippen LogP contribution in [0.4, 0.5) is 0 Å². The van der Waals surface area contributed by atoms with Crippen molar-refractivity contribution in [1.29, 1.82) is 0 Å². The summed E-state index contributed by atoms with van der Waals surface area (Å²) in [6.07, 6.45) is 0. The molecule has 5 heteroatoms. The van der Waals surface area contributed by atoms with E-state index in [1.807, 2.05) is 36.7 Å². The van der Waals surface area contributed by atoms with Gasteiger partial charge in [0.2, 0.25) is 0 Å². The largest absolute Gasteiger partial charge is 0.495 e. The third-order valence-corrected chi connectivity index (χ3v) is 3.27. The Kier molecular flexibility index (Phi) is 3.59. The van der Waals surface area contributed by atoms with Gasteiger partial charge in [-0.15, -0.1) is 0 Å². The SMILES string of the molecule is COc1ccc(-c2c(C)nc(CN)n2C)cc1Cl. The van der Waals surface area contributed by atoms with E-state index in [4.69, 9.17) is 22.1 Å². The monoisotopic (exact) mass is 265 g/mol. The van der Waals surface area contributed by atoms with E-state index >= 15 is 0 Å². The molecule has 0 bridgehead atoms. The maximum Gasteiger partial charge on any atom is 0.137 e. The molecule has 0 unspecified atom stereocenters. The lowest BCUT2D eigenvalue weighted by atomic mass is 10.1. The Bertz CT molecular complexity index is 578. The van der Waals surface area contributed by atoms with Gasteiger partial charge in [0, 0.05) is 12.6 Å². The van der Waals surface area contributed by atoms with E-state index in [9.17, 15) is 0 Å². The summed E-state index contributed by atoms with van der Waals surface area (Å²) in [7, 11) is 3.55. The standard InChI is InChI=1S/C13H16ClN3O/c1-8-13(17(2)12(7-15)16-8)9-4-5-11(18-3)10(14)6-9/h4-6H,7,15H2,1-3H3. The highest BCUT2D eigenvalue weighted by atomic mass is 35.5. The predicted molar refractivity (Wildman–Crippen MR) is 72.8 cm³/mol. The van der Waals surface area contributed by atoms with Gasteiger partial charge in [-0.05, 0) is 25.1 Å². The van der Waals surface area contributed by atoms with E-state index in [-0.39, 0.29) is 0 Å². The number of nitrogens with two attached hydrogens (primary N) is 1. The van der Waals surface area contributed by atoms with Crippen molar-refractivity contribution < 1.29 is 4.74 Å². The zero-order valence-electron chi connectivity index (χ0n) is 10.7. The van der Waals surface area contributed by atoms with E-state index in [1.165, 1.54) is 0 Å². The topological polar surface area (TPSA) is 53.1 Å². The second kappa shape index (κ2) is 5.00. The molecule has 0 aliphatic carbocycles. The van der Waals surface area contributed by atoms with Gasteiger partial charge in [-0.25, -0.2) is 4.98 Å². The first kappa shape index (κ1) is 12.9. The molecular weight excluding hydrogens is 250 g/mol. The Morgan fingerprint density at radius 3 is 2.67 bits per heavy atom. The summed E-state index contributed by atoms with van der Waals surface area (Å²) in [6, 6.07) is 5.70. The summed E-state index contributed by atoms with van der Waals surface area (Å²) in [5.41, 5.74) is 8.64. The van der Waals surface area contributed by atoms with Crippen LogP contribution in [0.3, 0.4) is 0 Å².